The quantitative estimate of drug-likeness (QED) is 0.196. The molecule has 5 rings (SSSR count). The number of carbonyl (C=O) groups is 1. The number of carbonyl (C=O) groups excluding carboxylic acids is 1. The van der Waals surface area contributed by atoms with Crippen LogP contribution in [0.1, 0.15) is 36.0 Å². The Kier molecular flexibility index (Phi) is 7.94. The molecule has 232 valence electrons. The maximum Gasteiger partial charge on any atom is 0.416 e. The lowest BCUT2D eigenvalue weighted by molar-refractivity contribution is -0.885. The first-order valence-electron chi connectivity index (χ1n) is 13.7. The van der Waals surface area contributed by atoms with Gasteiger partial charge >= 0.3 is 17.9 Å². The number of amides is 1. The summed E-state index contributed by atoms with van der Waals surface area (Å²) in [4.78, 5) is 31.2. The van der Waals surface area contributed by atoms with Crippen molar-refractivity contribution in [2.45, 2.75) is 32.6 Å². The fourth-order valence-corrected chi connectivity index (χ4v) is 4.80. The number of imidazole rings is 1. The van der Waals surface area contributed by atoms with Crippen LogP contribution in [-0.4, -0.2) is 60.8 Å². The van der Waals surface area contributed by atoms with Crippen LogP contribution in [0.3, 0.4) is 0 Å². The number of nitrogens with zero attached hydrogens (tertiary/aromatic N) is 8. The minimum absolute atomic E-state index is 0.0810. The van der Waals surface area contributed by atoms with E-state index in [2.05, 4.69) is 25.5 Å². The Morgan fingerprint density at radius 1 is 1.09 bits per heavy atom. The maximum absolute atomic E-state index is 14.0. The molecule has 0 saturated carbocycles. The summed E-state index contributed by atoms with van der Waals surface area (Å²) >= 11 is 0. The third-order valence-electron chi connectivity index (χ3n) is 6.83. The fourth-order valence-electron chi connectivity index (χ4n) is 4.80. The molecule has 0 bridgehead atoms. The molecule has 0 aliphatic heterocycles. The Morgan fingerprint density at radius 2 is 1.80 bits per heavy atom. The third kappa shape index (κ3) is 6.27. The standard InChI is InChI=1S/C30H28F3N9O3/c1-18(27-38-37-25(45-27)17-42(4,5)6)36-28(43)40-26(24-14-15-35-41(24)22-12-10-21(34-3)11-13-22)19(2)39(29(40)44)23-9-7-8-20(16-23)30(31,32)33/h7-16,18H,17H2,1-2,4-6H3/p+1/t18-/m0/s1. The first kappa shape index (κ1) is 31.0. The van der Waals surface area contributed by atoms with Crippen LogP contribution in [0.4, 0.5) is 23.7 Å². The Bertz CT molecular complexity index is 1970. The molecule has 0 aliphatic carbocycles. The van der Waals surface area contributed by atoms with E-state index < -0.39 is 29.5 Å². The number of aromatic nitrogens is 6. The van der Waals surface area contributed by atoms with E-state index >= 15 is 0 Å². The average Bonchev–Trinajstić information content (AvgIpc) is 3.69. The normalized spacial score (nSPS) is 12.6. The van der Waals surface area contributed by atoms with Crippen LogP contribution in [0.5, 0.6) is 0 Å². The molecule has 0 saturated heterocycles. The summed E-state index contributed by atoms with van der Waals surface area (Å²) in [6.07, 6.45) is -3.20. The van der Waals surface area contributed by atoms with Gasteiger partial charge < -0.3 is 14.2 Å². The Morgan fingerprint density at radius 3 is 2.44 bits per heavy atom. The monoisotopic (exact) mass is 620 g/mol. The highest BCUT2D eigenvalue weighted by Crippen LogP contribution is 2.32. The molecular weight excluding hydrogens is 591 g/mol. The van der Waals surface area contributed by atoms with Gasteiger partial charge in [-0.05, 0) is 50.2 Å². The predicted molar refractivity (Wildman–Crippen MR) is 157 cm³/mol. The first-order chi connectivity index (χ1) is 21.2. The van der Waals surface area contributed by atoms with E-state index in [9.17, 15) is 22.8 Å². The Labute approximate surface area is 255 Å². The molecule has 45 heavy (non-hydrogen) atoms. The van der Waals surface area contributed by atoms with Crippen LogP contribution in [0.2, 0.25) is 0 Å². The minimum atomic E-state index is -4.66. The molecule has 3 aromatic heterocycles. The van der Waals surface area contributed by atoms with Crippen molar-refractivity contribution in [1.82, 2.24) is 34.4 Å². The zero-order chi connectivity index (χ0) is 32.7. The van der Waals surface area contributed by atoms with Crippen molar-refractivity contribution >= 4 is 11.7 Å². The zero-order valence-electron chi connectivity index (χ0n) is 25.0. The van der Waals surface area contributed by atoms with Crippen LogP contribution in [0, 0.1) is 13.5 Å². The van der Waals surface area contributed by atoms with Gasteiger partial charge in [0.05, 0.1) is 62.2 Å². The highest BCUT2D eigenvalue weighted by atomic mass is 19.4. The molecule has 1 atom stereocenters. The van der Waals surface area contributed by atoms with Crippen LogP contribution >= 0.6 is 0 Å². The molecule has 5 aromatic rings. The molecule has 1 amide bonds. The number of hydrogen-bond donors (Lipinski definition) is 1. The zero-order valence-corrected chi connectivity index (χ0v) is 25.0. The summed E-state index contributed by atoms with van der Waals surface area (Å²) in [5.74, 6) is 0.469. The lowest BCUT2D eigenvalue weighted by Crippen LogP contribution is -2.38. The molecule has 3 heterocycles. The van der Waals surface area contributed by atoms with E-state index in [4.69, 9.17) is 11.0 Å². The van der Waals surface area contributed by atoms with Gasteiger partial charge in [-0.2, -0.15) is 18.3 Å². The SMILES string of the molecule is [C-]#[N+]c1ccc(-n2nccc2-c2c(C)n(-c3cccc(C(F)(F)F)c3)c(=O)n2C(=O)N[C@@H](C)c2nnc(C[N+](C)(C)C)o2)cc1. The van der Waals surface area contributed by atoms with E-state index in [-0.39, 0.29) is 23.0 Å². The third-order valence-corrected chi connectivity index (χ3v) is 6.83. The van der Waals surface area contributed by atoms with E-state index in [1.165, 1.54) is 29.9 Å². The van der Waals surface area contributed by atoms with Gasteiger partial charge in [0.1, 0.15) is 11.7 Å². The molecule has 15 heteroatoms. The second-order valence-corrected chi connectivity index (χ2v) is 11.3. The topological polar surface area (TPSA) is 117 Å². The molecule has 1 N–H and O–H groups in total. The fraction of sp³-hybridized carbons (Fsp3) is 0.267. The number of nitrogens with one attached hydrogen (secondary N) is 1. The Balaban J connectivity index is 1.63. The summed E-state index contributed by atoms with van der Waals surface area (Å²) in [6.45, 7) is 10.8. The van der Waals surface area contributed by atoms with Gasteiger partial charge in [0.15, 0.2) is 12.2 Å². The van der Waals surface area contributed by atoms with Crippen molar-refractivity contribution in [2.24, 2.45) is 0 Å². The van der Waals surface area contributed by atoms with Crippen molar-refractivity contribution in [3.05, 3.63) is 106 Å². The average molecular weight is 621 g/mol. The number of alkyl halides is 3. The maximum atomic E-state index is 14.0. The molecule has 0 spiro atoms. The van der Waals surface area contributed by atoms with Crippen molar-refractivity contribution in [1.29, 1.82) is 0 Å². The van der Waals surface area contributed by atoms with E-state index in [0.717, 1.165) is 21.3 Å². The molecule has 2 aromatic carbocycles. The molecule has 0 radical (unpaired) electrons. The number of benzene rings is 2. The second kappa shape index (κ2) is 11.5. The van der Waals surface area contributed by atoms with Crippen LogP contribution in [-0.2, 0) is 12.7 Å². The van der Waals surface area contributed by atoms with Crippen molar-refractivity contribution in [2.75, 3.05) is 21.1 Å². The largest absolute Gasteiger partial charge is 0.418 e. The summed E-state index contributed by atoms with van der Waals surface area (Å²) in [5, 5.41) is 15.1. The van der Waals surface area contributed by atoms with Gasteiger partial charge in [-0.25, -0.2) is 23.7 Å². The lowest BCUT2D eigenvalue weighted by Gasteiger charge is -2.21. The second-order valence-electron chi connectivity index (χ2n) is 11.3. The van der Waals surface area contributed by atoms with Gasteiger partial charge in [-0.1, -0.05) is 18.2 Å². The first-order valence-corrected chi connectivity index (χ1v) is 13.7. The van der Waals surface area contributed by atoms with Crippen molar-refractivity contribution in [3.63, 3.8) is 0 Å². The lowest BCUT2D eigenvalue weighted by atomic mass is 10.2. The van der Waals surface area contributed by atoms with Gasteiger partial charge in [-0.15, -0.1) is 10.2 Å². The number of halogens is 3. The predicted octanol–water partition coefficient (Wildman–Crippen LogP) is 5.28. The minimum Gasteiger partial charge on any atom is -0.418 e. The van der Waals surface area contributed by atoms with Crippen molar-refractivity contribution in [3.8, 4) is 22.8 Å². The number of hydrogen-bond acceptors (Lipinski definition) is 6. The van der Waals surface area contributed by atoms with Gasteiger partial charge in [0.25, 0.3) is 5.89 Å². The van der Waals surface area contributed by atoms with E-state index in [0.29, 0.717) is 34.0 Å². The molecule has 0 unspecified atom stereocenters. The van der Waals surface area contributed by atoms with E-state index in [1.807, 2.05) is 21.1 Å². The number of rotatable bonds is 7. The summed E-state index contributed by atoms with van der Waals surface area (Å²) < 4.78 is 50.4. The highest BCUT2D eigenvalue weighted by Gasteiger charge is 2.32. The van der Waals surface area contributed by atoms with Gasteiger partial charge in [0.2, 0.25) is 5.89 Å². The van der Waals surface area contributed by atoms with Crippen LogP contribution < -0.4 is 11.0 Å². The van der Waals surface area contributed by atoms with Gasteiger partial charge in [0, 0.05) is 0 Å². The Hall–Kier alpha value is -5.49. The summed E-state index contributed by atoms with van der Waals surface area (Å²) in [6, 6.07) is 10.6. The molecule has 0 aliphatic rings. The van der Waals surface area contributed by atoms with E-state index in [1.54, 1.807) is 37.3 Å². The van der Waals surface area contributed by atoms with Crippen molar-refractivity contribution < 1.29 is 26.9 Å². The molecule has 0 fully saturated rings. The van der Waals surface area contributed by atoms with Crippen LogP contribution in [0.25, 0.3) is 27.6 Å². The molecular formula is C30H29F3N9O3+. The summed E-state index contributed by atoms with van der Waals surface area (Å²) in [5.41, 5.74) is -0.440. The van der Waals surface area contributed by atoms with Crippen LogP contribution in [0.15, 0.2) is 70.0 Å². The highest BCUT2D eigenvalue weighted by molar-refractivity contribution is 5.83. The summed E-state index contributed by atoms with van der Waals surface area (Å²) in [7, 11) is 5.85. The molecule has 12 nitrogen and oxygen atoms in total. The smallest absolute Gasteiger partial charge is 0.416 e. The number of quaternary nitrogens is 1. The van der Waals surface area contributed by atoms with Gasteiger partial charge in [-0.3, -0.25) is 4.57 Å².